The Hall–Kier alpha value is -1.03. The van der Waals surface area contributed by atoms with Gasteiger partial charge in [-0.1, -0.05) is 37.8 Å². The van der Waals surface area contributed by atoms with Crippen LogP contribution in [0.3, 0.4) is 0 Å². The van der Waals surface area contributed by atoms with Gasteiger partial charge in [0.15, 0.2) is 0 Å². The van der Waals surface area contributed by atoms with Crippen molar-refractivity contribution >= 4 is 0 Å². The normalized spacial score (nSPS) is 19.6. The van der Waals surface area contributed by atoms with Crippen molar-refractivity contribution in [1.29, 1.82) is 0 Å². The highest BCUT2D eigenvalue weighted by Crippen LogP contribution is 2.37. The molecule has 0 bridgehead atoms. The van der Waals surface area contributed by atoms with E-state index >= 15 is 0 Å². The summed E-state index contributed by atoms with van der Waals surface area (Å²) >= 11 is 0. The molecule has 1 nitrogen and oxygen atoms in total. The minimum atomic E-state index is -4.26. The van der Waals surface area contributed by atoms with Crippen LogP contribution in [-0.4, -0.2) is 6.54 Å². The van der Waals surface area contributed by atoms with Gasteiger partial charge < -0.3 is 5.73 Å². The zero-order valence-electron chi connectivity index (χ0n) is 11.7. The first kappa shape index (κ1) is 15.4. The van der Waals surface area contributed by atoms with E-state index in [-0.39, 0.29) is 5.41 Å². The summed E-state index contributed by atoms with van der Waals surface area (Å²) in [4.78, 5) is 0. The van der Waals surface area contributed by atoms with Crippen LogP contribution in [0.5, 0.6) is 0 Å². The number of halogens is 3. The van der Waals surface area contributed by atoms with E-state index in [2.05, 4.69) is 0 Å². The van der Waals surface area contributed by atoms with Crippen LogP contribution in [0.1, 0.15) is 49.7 Å². The Balaban J connectivity index is 2.11. The van der Waals surface area contributed by atoms with Crippen LogP contribution in [-0.2, 0) is 12.6 Å². The summed E-state index contributed by atoms with van der Waals surface area (Å²) in [6.45, 7) is 0.619. The fraction of sp³-hybridized carbons (Fsp3) is 0.625. The highest BCUT2D eigenvalue weighted by Gasteiger charge is 2.32. The zero-order chi connectivity index (χ0) is 14.6. The molecule has 1 saturated carbocycles. The Labute approximate surface area is 118 Å². The van der Waals surface area contributed by atoms with E-state index in [1.54, 1.807) is 12.1 Å². The molecule has 0 aliphatic heterocycles. The second kappa shape index (κ2) is 6.17. The number of nitrogens with two attached hydrogens (primary N) is 1. The lowest BCUT2D eigenvalue weighted by Gasteiger charge is -2.31. The van der Waals surface area contributed by atoms with Crippen molar-refractivity contribution in [3.63, 3.8) is 0 Å². The fourth-order valence-electron chi connectivity index (χ4n) is 3.18. The van der Waals surface area contributed by atoms with Gasteiger partial charge in [-0.25, -0.2) is 0 Å². The predicted molar refractivity (Wildman–Crippen MR) is 74.3 cm³/mol. The van der Waals surface area contributed by atoms with Gasteiger partial charge >= 0.3 is 6.18 Å². The maximum Gasteiger partial charge on any atom is 0.416 e. The molecule has 1 aliphatic rings. The Bertz CT molecular complexity index is 414. The van der Waals surface area contributed by atoms with Gasteiger partial charge in [0.25, 0.3) is 0 Å². The molecular weight excluding hydrogens is 263 g/mol. The Morgan fingerprint density at radius 3 is 1.95 bits per heavy atom. The van der Waals surface area contributed by atoms with Crippen LogP contribution < -0.4 is 5.73 Å². The fourth-order valence-corrected chi connectivity index (χ4v) is 3.18. The molecule has 4 heteroatoms. The van der Waals surface area contributed by atoms with E-state index < -0.39 is 11.7 Å². The van der Waals surface area contributed by atoms with Gasteiger partial charge in [-0.15, -0.1) is 0 Å². The topological polar surface area (TPSA) is 26.0 Å². The molecule has 1 fully saturated rings. The van der Waals surface area contributed by atoms with E-state index in [0.29, 0.717) is 6.54 Å². The summed E-state index contributed by atoms with van der Waals surface area (Å²) in [5.41, 5.74) is 6.44. The maximum atomic E-state index is 12.6. The largest absolute Gasteiger partial charge is 0.416 e. The first-order chi connectivity index (χ1) is 9.45. The molecule has 1 aromatic rings. The van der Waals surface area contributed by atoms with Gasteiger partial charge in [0.2, 0.25) is 0 Å². The molecule has 112 valence electrons. The summed E-state index contributed by atoms with van der Waals surface area (Å²) in [6.07, 6.45) is 3.56. The van der Waals surface area contributed by atoms with Crippen LogP contribution in [0.4, 0.5) is 13.2 Å². The van der Waals surface area contributed by atoms with Crippen LogP contribution >= 0.6 is 0 Å². The lowest BCUT2D eigenvalue weighted by Crippen LogP contribution is -2.32. The Morgan fingerprint density at radius 1 is 0.950 bits per heavy atom. The quantitative estimate of drug-likeness (QED) is 0.810. The van der Waals surface area contributed by atoms with Gasteiger partial charge in [-0.3, -0.25) is 0 Å². The second-order valence-corrected chi connectivity index (χ2v) is 5.99. The zero-order valence-corrected chi connectivity index (χ0v) is 11.7. The highest BCUT2D eigenvalue weighted by atomic mass is 19.4. The first-order valence-electron chi connectivity index (χ1n) is 7.31. The average Bonchev–Trinajstić information content (AvgIpc) is 2.64. The van der Waals surface area contributed by atoms with E-state index in [1.807, 2.05) is 0 Å². The summed E-state index contributed by atoms with van der Waals surface area (Å²) in [5.74, 6) is 0. The molecule has 0 radical (unpaired) electrons. The van der Waals surface area contributed by atoms with Crippen LogP contribution in [0.25, 0.3) is 0 Å². The van der Waals surface area contributed by atoms with Crippen molar-refractivity contribution in [3.8, 4) is 0 Å². The predicted octanol–water partition coefficient (Wildman–Crippen LogP) is 4.55. The maximum absolute atomic E-state index is 12.6. The summed E-state index contributed by atoms with van der Waals surface area (Å²) in [6, 6.07) is 5.56. The summed E-state index contributed by atoms with van der Waals surface area (Å²) in [7, 11) is 0. The van der Waals surface area contributed by atoms with Crippen LogP contribution in [0.15, 0.2) is 24.3 Å². The molecule has 1 aliphatic carbocycles. The molecule has 2 rings (SSSR count). The summed E-state index contributed by atoms with van der Waals surface area (Å²) in [5, 5.41) is 0. The van der Waals surface area contributed by atoms with Gasteiger partial charge in [-0.2, -0.15) is 13.2 Å². The molecular formula is C16H22F3N. The lowest BCUT2D eigenvalue weighted by molar-refractivity contribution is -0.137. The third-order valence-electron chi connectivity index (χ3n) is 4.46. The van der Waals surface area contributed by atoms with E-state index in [0.717, 1.165) is 24.8 Å². The van der Waals surface area contributed by atoms with Gasteiger partial charge in [-0.05, 0) is 48.9 Å². The smallest absolute Gasteiger partial charge is 0.330 e. The number of hydrogen-bond donors (Lipinski definition) is 1. The van der Waals surface area contributed by atoms with E-state index in [9.17, 15) is 13.2 Å². The molecule has 0 saturated heterocycles. The SMILES string of the molecule is NCC1(Cc2ccc(C(F)(F)F)cc2)CCCCCC1. The van der Waals surface area contributed by atoms with Crippen molar-refractivity contribution in [2.75, 3.05) is 6.54 Å². The van der Waals surface area contributed by atoms with Crippen molar-refractivity contribution < 1.29 is 13.2 Å². The highest BCUT2D eigenvalue weighted by molar-refractivity contribution is 5.25. The summed E-state index contributed by atoms with van der Waals surface area (Å²) < 4.78 is 37.7. The monoisotopic (exact) mass is 285 g/mol. The molecule has 1 aromatic carbocycles. The number of alkyl halides is 3. The molecule has 0 heterocycles. The van der Waals surface area contributed by atoms with Crippen molar-refractivity contribution in [1.82, 2.24) is 0 Å². The van der Waals surface area contributed by atoms with Gasteiger partial charge in [0, 0.05) is 0 Å². The standard InChI is InChI=1S/C16H22F3N/c17-16(18,19)14-7-5-13(6-8-14)11-15(12-20)9-3-1-2-4-10-15/h5-8H,1-4,9-12,20H2. The van der Waals surface area contributed by atoms with Crippen LogP contribution in [0, 0.1) is 5.41 Å². The molecule has 0 unspecified atom stereocenters. The van der Waals surface area contributed by atoms with Crippen molar-refractivity contribution in [3.05, 3.63) is 35.4 Å². The minimum absolute atomic E-state index is 0.0796. The molecule has 0 aromatic heterocycles. The molecule has 20 heavy (non-hydrogen) atoms. The van der Waals surface area contributed by atoms with Crippen LogP contribution in [0.2, 0.25) is 0 Å². The van der Waals surface area contributed by atoms with Crippen molar-refractivity contribution in [2.45, 2.75) is 51.1 Å². The van der Waals surface area contributed by atoms with Crippen molar-refractivity contribution in [2.24, 2.45) is 11.1 Å². The molecule has 0 spiro atoms. The minimum Gasteiger partial charge on any atom is -0.330 e. The second-order valence-electron chi connectivity index (χ2n) is 5.99. The lowest BCUT2D eigenvalue weighted by atomic mass is 9.75. The average molecular weight is 285 g/mol. The van der Waals surface area contributed by atoms with Gasteiger partial charge in [0.05, 0.1) is 5.56 Å². The molecule has 0 amide bonds. The van der Waals surface area contributed by atoms with E-state index in [1.165, 1.54) is 37.8 Å². The Kier molecular flexibility index (Phi) is 4.74. The van der Waals surface area contributed by atoms with E-state index in [4.69, 9.17) is 5.73 Å². The number of hydrogen-bond acceptors (Lipinski definition) is 1. The molecule has 0 atom stereocenters. The third kappa shape index (κ3) is 3.75. The Morgan fingerprint density at radius 2 is 1.50 bits per heavy atom. The number of benzene rings is 1. The first-order valence-corrected chi connectivity index (χ1v) is 7.31. The third-order valence-corrected chi connectivity index (χ3v) is 4.46. The van der Waals surface area contributed by atoms with Gasteiger partial charge in [0.1, 0.15) is 0 Å². The number of rotatable bonds is 3. The molecule has 2 N–H and O–H groups in total.